The van der Waals surface area contributed by atoms with E-state index in [-0.39, 0.29) is 18.9 Å². The minimum atomic E-state index is -0.423. The number of ether oxygens (including phenoxy) is 5. The molecule has 0 amide bonds. The number of carbonyl (C=O) groups is 1. The fraction of sp³-hybridized carbons (Fsp3) is 0.542. The Labute approximate surface area is 183 Å². The highest BCUT2D eigenvalue weighted by Crippen LogP contribution is 2.30. The fourth-order valence-electron chi connectivity index (χ4n) is 3.60. The third-order valence-electron chi connectivity index (χ3n) is 5.07. The second-order valence-electron chi connectivity index (χ2n) is 7.94. The number of cyclic esters (lactones) is 1. The standard InChI is InChI=1S/C24H32O7/c1-16(14-27-15-26-4)6-5-7-19-13-21(31-23(19)25)11-17(2)10-20-12-18(3)22(30-20)24-28-8-9-29-24/h6,10,12-13,21,24H,5,7-9,11,14-15H2,1-4H3/b16-6+,17-10+. The Kier molecular flexibility index (Phi) is 8.66. The first kappa shape index (κ1) is 23.5. The Bertz CT molecular complexity index is 840. The van der Waals surface area contributed by atoms with E-state index in [1.54, 1.807) is 7.11 Å². The molecule has 0 aliphatic carbocycles. The molecule has 1 fully saturated rings. The summed E-state index contributed by atoms with van der Waals surface area (Å²) in [6.45, 7) is 7.94. The summed E-state index contributed by atoms with van der Waals surface area (Å²) in [5, 5.41) is 0. The Morgan fingerprint density at radius 1 is 1.23 bits per heavy atom. The van der Waals surface area contributed by atoms with E-state index in [9.17, 15) is 4.79 Å². The van der Waals surface area contributed by atoms with E-state index in [1.165, 1.54) is 0 Å². The van der Waals surface area contributed by atoms with Crippen molar-refractivity contribution < 1.29 is 32.9 Å². The van der Waals surface area contributed by atoms with Crippen LogP contribution in [0.15, 0.2) is 39.4 Å². The summed E-state index contributed by atoms with van der Waals surface area (Å²) in [5.74, 6) is 1.22. The first-order chi connectivity index (χ1) is 15.0. The topological polar surface area (TPSA) is 76.4 Å². The Morgan fingerprint density at radius 2 is 2.00 bits per heavy atom. The zero-order chi connectivity index (χ0) is 22.2. The van der Waals surface area contributed by atoms with Gasteiger partial charge in [0.05, 0.1) is 19.8 Å². The van der Waals surface area contributed by atoms with Gasteiger partial charge < -0.3 is 28.1 Å². The van der Waals surface area contributed by atoms with Crippen molar-refractivity contribution in [2.45, 2.75) is 52.4 Å². The first-order valence-electron chi connectivity index (χ1n) is 10.6. The van der Waals surface area contributed by atoms with Crippen molar-refractivity contribution in [2.24, 2.45) is 0 Å². The zero-order valence-electron chi connectivity index (χ0n) is 18.8. The van der Waals surface area contributed by atoms with Crippen LogP contribution in [0.1, 0.15) is 56.5 Å². The summed E-state index contributed by atoms with van der Waals surface area (Å²) >= 11 is 0. The number of rotatable bonds is 11. The lowest BCUT2D eigenvalue weighted by Gasteiger charge is -2.08. The van der Waals surface area contributed by atoms with Crippen molar-refractivity contribution in [3.63, 3.8) is 0 Å². The lowest BCUT2D eigenvalue weighted by Crippen LogP contribution is -2.08. The molecule has 170 valence electrons. The maximum absolute atomic E-state index is 12.2. The quantitative estimate of drug-likeness (QED) is 0.218. The normalized spacial score (nSPS) is 20.5. The minimum Gasteiger partial charge on any atom is -0.456 e. The van der Waals surface area contributed by atoms with Crippen molar-refractivity contribution in [3.8, 4) is 0 Å². The molecule has 0 radical (unpaired) electrons. The van der Waals surface area contributed by atoms with Crippen LogP contribution >= 0.6 is 0 Å². The molecule has 2 aliphatic heterocycles. The third kappa shape index (κ3) is 6.90. The zero-order valence-corrected chi connectivity index (χ0v) is 18.8. The van der Waals surface area contributed by atoms with Gasteiger partial charge in [-0.05, 0) is 57.4 Å². The van der Waals surface area contributed by atoms with Crippen molar-refractivity contribution in [2.75, 3.05) is 33.7 Å². The molecule has 0 spiro atoms. The molecule has 1 saturated heterocycles. The number of methoxy groups -OCH3 is 1. The molecule has 1 unspecified atom stereocenters. The molecular formula is C24H32O7. The van der Waals surface area contributed by atoms with E-state index >= 15 is 0 Å². The van der Waals surface area contributed by atoms with Crippen LogP contribution in [-0.4, -0.2) is 45.8 Å². The lowest BCUT2D eigenvalue weighted by molar-refractivity contribution is -0.139. The van der Waals surface area contributed by atoms with Crippen LogP contribution in [0.25, 0.3) is 6.08 Å². The van der Waals surface area contributed by atoms with E-state index in [0.717, 1.165) is 34.5 Å². The average Bonchev–Trinajstić information content (AvgIpc) is 3.43. The van der Waals surface area contributed by atoms with E-state index in [0.29, 0.717) is 38.4 Å². The fourth-order valence-corrected chi connectivity index (χ4v) is 3.60. The highest BCUT2D eigenvalue weighted by Gasteiger charge is 2.26. The van der Waals surface area contributed by atoms with Crippen molar-refractivity contribution >= 4 is 12.0 Å². The number of hydrogen-bond acceptors (Lipinski definition) is 7. The average molecular weight is 433 g/mol. The number of hydrogen-bond donors (Lipinski definition) is 0. The van der Waals surface area contributed by atoms with E-state index in [4.69, 9.17) is 28.1 Å². The predicted molar refractivity (Wildman–Crippen MR) is 115 cm³/mol. The second kappa shape index (κ2) is 11.4. The van der Waals surface area contributed by atoms with Gasteiger partial charge in [0.1, 0.15) is 18.7 Å². The Hall–Kier alpha value is -2.19. The van der Waals surface area contributed by atoms with Crippen molar-refractivity contribution in [1.29, 1.82) is 0 Å². The molecule has 31 heavy (non-hydrogen) atoms. The van der Waals surface area contributed by atoms with Gasteiger partial charge in [-0.15, -0.1) is 0 Å². The maximum Gasteiger partial charge on any atom is 0.334 e. The molecule has 0 aromatic carbocycles. The van der Waals surface area contributed by atoms with Crippen molar-refractivity contribution in [1.82, 2.24) is 0 Å². The van der Waals surface area contributed by atoms with Crippen LogP contribution in [0.5, 0.6) is 0 Å². The predicted octanol–water partition coefficient (Wildman–Crippen LogP) is 4.63. The molecule has 1 atom stereocenters. The second-order valence-corrected chi connectivity index (χ2v) is 7.94. The smallest absolute Gasteiger partial charge is 0.334 e. The van der Waals surface area contributed by atoms with Crippen LogP contribution in [0.2, 0.25) is 0 Å². The molecule has 7 heteroatoms. The van der Waals surface area contributed by atoms with Gasteiger partial charge in [0, 0.05) is 19.1 Å². The highest BCUT2D eigenvalue weighted by atomic mass is 16.7. The number of esters is 1. The summed E-state index contributed by atoms with van der Waals surface area (Å²) in [5.41, 5.74) is 3.90. The van der Waals surface area contributed by atoms with Gasteiger partial charge >= 0.3 is 5.97 Å². The molecule has 2 aliphatic rings. The van der Waals surface area contributed by atoms with Gasteiger partial charge in [-0.25, -0.2) is 4.79 Å². The van der Waals surface area contributed by atoms with Crippen LogP contribution in [-0.2, 0) is 28.5 Å². The third-order valence-corrected chi connectivity index (χ3v) is 5.07. The van der Waals surface area contributed by atoms with Crippen LogP contribution in [0, 0.1) is 6.92 Å². The van der Waals surface area contributed by atoms with Gasteiger partial charge in [-0.2, -0.15) is 0 Å². The molecule has 1 aromatic heterocycles. The molecule has 0 saturated carbocycles. The van der Waals surface area contributed by atoms with Crippen LogP contribution in [0.3, 0.4) is 0 Å². The van der Waals surface area contributed by atoms with Crippen LogP contribution in [0.4, 0.5) is 0 Å². The van der Waals surface area contributed by atoms with Gasteiger partial charge in [-0.3, -0.25) is 0 Å². The molecular weight excluding hydrogens is 400 g/mol. The Balaban J connectivity index is 1.51. The summed E-state index contributed by atoms with van der Waals surface area (Å²) < 4.78 is 32.7. The number of allylic oxidation sites excluding steroid dienone is 1. The van der Waals surface area contributed by atoms with E-state index < -0.39 is 6.29 Å². The molecule has 1 aromatic rings. The molecule has 7 nitrogen and oxygen atoms in total. The largest absolute Gasteiger partial charge is 0.456 e. The lowest BCUT2D eigenvalue weighted by atomic mass is 10.1. The first-order valence-corrected chi connectivity index (χ1v) is 10.6. The summed E-state index contributed by atoms with van der Waals surface area (Å²) in [6.07, 6.45) is 7.36. The van der Waals surface area contributed by atoms with Gasteiger partial charge in [0.25, 0.3) is 0 Å². The molecule has 3 rings (SSSR count). The summed E-state index contributed by atoms with van der Waals surface area (Å²) in [6, 6.07) is 1.97. The molecule has 0 N–H and O–H groups in total. The summed E-state index contributed by atoms with van der Waals surface area (Å²) in [4.78, 5) is 12.2. The minimum absolute atomic E-state index is 0.230. The van der Waals surface area contributed by atoms with Gasteiger partial charge in [0.2, 0.25) is 6.29 Å². The Morgan fingerprint density at radius 3 is 2.74 bits per heavy atom. The summed E-state index contributed by atoms with van der Waals surface area (Å²) in [7, 11) is 1.60. The number of aryl methyl sites for hydroxylation is 1. The molecule has 0 bridgehead atoms. The number of furan rings is 1. The van der Waals surface area contributed by atoms with Gasteiger partial charge in [0.15, 0.2) is 5.76 Å². The van der Waals surface area contributed by atoms with Crippen molar-refractivity contribution in [3.05, 3.63) is 52.0 Å². The van der Waals surface area contributed by atoms with Gasteiger partial charge in [-0.1, -0.05) is 17.2 Å². The monoisotopic (exact) mass is 432 g/mol. The highest BCUT2D eigenvalue weighted by molar-refractivity contribution is 5.90. The SMILES string of the molecule is COCOC/C(C)=C/CCC1=CC(C/C(C)=C/c2cc(C)c(C3OCCO3)o2)OC1=O. The number of carbonyl (C=O) groups excluding carboxylic acids is 1. The van der Waals surface area contributed by atoms with Crippen LogP contribution < -0.4 is 0 Å². The van der Waals surface area contributed by atoms with E-state index in [2.05, 4.69) is 6.08 Å². The maximum atomic E-state index is 12.2. The molecule has 3 heterocycles. The van der Waals surface area contributed by atoms with E-state index in [1.807, 2.05) is 39.0 Å².